The van der Waals surface area contributed by atoms with E-state index in [0.29, 0.717) is 11.8 Å². The summed E-state index contributed by atoms with van der Waals surface area (Å²) in [6.45, 7) is 0.734. The first-order valence-electron chi connectivity index (χ1n) is 6.00. The second-order valence-corrected chi connectivity index (χ2v) is 7.71. The normalized spacial score (nSPS) is 24.1. The highest BCUT2D eigenvalue weighted by molar-refractivity contribution is 9.10. The molecule has 2 aliphatic rings. The first kappa shape index (κ1) is 12.1. The van der Waals surface area contributed by atoms with Gasteiger partial charge in [-0.3, -0.25) is 4.79 Å². The summed E-state index contributed by atoms with van der Waals surface area (Å²) in [5.41, 5.74) is 1.20. The monoisotopic (exact) mass is 355 g/mol. The zero-order valence-corrected chi connectivity index (χ0v) is 13.0. The van der Waals surface area contributed by atoms with Crippen LogP contribution in [0.2, 0.25) is 0 Å². The van der Waals surface area contributed by atoms with E-state index in [0.717, 1.165) is 27.6 Å². The number of rotatable bonds is 0. The van der Waals surface area contributed by atoms with Crippen LogP contribution in [0.25, 0.3) is 0 Å². The van der Waals surface area contributed by atoms with Gasteiger partial charge in [0, 0.05) is 32.5 Å². The van der Waals surface area contributed by atoms with Gasteiger partial charge in [-0.2, -0.15) is 0 Å². The second kappa shape index (κ2) is 4.40. The van der Waals surface area contributed by atoms with Gasteiger partial charge < -0.3 is 9.72 Å². The molecule has 0 amide bonds. The first-order chi connectivity index (χ1) is 9.22. The predicted molar refractivity (Wildman–Crippen MR) is 80.6 cm³/mol. The molecule has 19 heavy (non-hydrogen) atoms. The van der Waals surface area contributed by atoms with Crippen LogP contribution in [0.5, 0.6) is 5.75 Å². The van der Waals surface area contributed by atoms with Gasteiger partial charge in [-0.1, -0.05) is 27.3 Å². The van der Waals surface area contributed by atoms with Gasteiger partial charge in [0.2, 0.25) is 0 Å². The van der Waals surface area contributed by atoms with Crippen LogP contribution in [-0.2, 0) is 0 Å². The molecule has 0 spiro atoms. The Morgan fingerprint density at radius 3 is 3.21 bits per heavy atom. The Hall–Kier alpha value is -0.720. The van der Waals surface area contributed by atoms with E-state index in [1.54, 1.807) is 11.8 Å². The van der Waals surface area contributed by atoms with Crippen LogP contribution in [0.15, 0.2) is 32.5 Å². The van der Waals surface area contributed by atoms with E-state index in [2.05, 4.69) is 27.0 Å². The highest BCUT2D eigenvalue weighted by Crippen LogP contribution is 2.50. The highest BCUT2D eigenvalue weighted by atomic mass is 79.9. The summed E-state index contributed by atoms with van der Waals surface area (Å²) in [6.07, 6.45) is 0. The van der Waals surface area contributed by atoms with Crippen LogP contribution in [0.3, 0.4) is 0 Å². The van der Waals surface area contributed by atoms with Crippen molar-refractivity contribution in [2.24, 2.45) is 5.92 Å². The quantitative estimate of drug-likeness (QED) is 0.786. The minimum atomic E-state index is 0.0428. The van der Waals surface area contributed by atoms with Gasteiger partial charge in [0.15, 0.2) is 0 Å². The van der Waals surface area contributed by atoms with Crippen LogP contribution in [0.4, 0.5) is 0 Å². The molecule has 0 saturated carbocycles. The van der Waals surface area contributed by atoms with Gasteiger partial charge >= 0.3 is 4.87 Å². The van der Waals surface area contributed by atoms with Crippen molar-refractivity contribution >= 4 is 39.0 Å². The SMILES string of the molecule is O=c1[nH]c2c(s1)[C@@H]1c3cc(Br)ccc3OC[C@@H]1CS2. The third-order valence-electron chi connectivity index (χ3n) is 3.60. The number of fused-ring (bicyclic) bond motifs is 5. The lowest BCUT2D eigenvalue weighted by molar-refractivity contribution is 0.219. The average Bonchev–Trinajstić information content (AvgIpc) is 2.78. The van der Waals surface area contributed by atoms with Gasteiger partial charge in [0.1, 0.15) is 5.75 Å². The fourth-order valence-corrected chi connectivity index (χ4v) is 5.56. The maximum Gasteiger partial charge on any atom is 0.305 e. The predicted octanol–water partition coefficient (Wildman–Crippen LogP) is 3.45. The molecular weight excluding hydrogens is 346 g/mol. The van der Waals surface area contributed by atoms with Crippen molar-refractivity contribution in [3.05, 3.63) is 42.8 Å². The topological polar surface area (TPSA) is 42.1 Å². The molecule has 4 rings (SSSR count). The number of H-pyrrole nitrogens is 1. The number of thiazole rings is 1. The Labute approximate surface area is 126 Å². The number of ether oxygens (including phenoxy) is 1. The fourth-order valence-electron chi connectivity index (χ4n) is 2.77. The number of thioether (sulfide) groups is 1. The Kier molecular flexibility index (Phi) is 2.79. The van der Waals surface area contributed by atoms with Gasteiger partial charge in [-0.15, -0.1) is 11.8 Å². The van der Waals surface area contributed by atoms with Crippen molar-refractivity contribution in [1.29, 1.82) is 0 Å². The fraction of sp³-hybridized carbons (Fsp3) is 0.308. The van der Waals surface area contributed by atoms with Crippen LogP contribution in [0, 0.1) is 5.92 Å². The van der Waals surface area contributed by atoms with E-state index in [4.69, 9.17) is 4.74 Å². The summed E-state index contributed by atoms with van der Waals surface area (Å²) in [6, 6.07) is 6.12. The number of aromatic nitrogens is 1. The molecule has 2 atom stereocenters. The molecule has 98 valence electrons. The smallest absolute Gasteiger partial charge is 0.305 e. The number of nitrogens with one attached hydrogen (secondary N) is 1. The zero-order valence-electron chi connectivity index (χ0n) is 9.81. The number of benzene rings is 1. The van der Waals surface area contributed by atoms with Crippen molar-refractivity contribution in [2.45, 2.75) is 10.9 Å². The molecule has 3 nitrogen and oxygen atoms in total. The van der Waals surface area contributed by atoms with Gasteiger partial charge in [-0.25, -0.2) is 0 Å². The Bertz CT molecular complexity index is 709. The lowest BCUT2D eigenvalue weighted by atomic mass is 9.84. The minimum absolute atomic E-state index is 0.0428. The van der Waals surface area contributed by atoms with Gasteiger partial charge in [0.05, 0.1) is 11.6 Å². The van der Waals surface area contributed by atoms with E-state index < -0.39 is 0 Å². The molecule has 1 N–H and O–H groups in total. The Balaban J connectivity index is 1.94. The second-order valence-electron chi connectivity index (χ2n) is 4.75. The van der Waals surface area contributed by atoms with Crippen molar-refractivity contribution in [3.63, 3.8) is 0 Å². The van der Waals surface area contributed by atoms with E-state index in [-0.39, 0.29) is 4.87 Å². The van der Waals surface area contributed by atoms with E-state index in [1.165, 1.54) is 21.8 Å². The maximum absolute atomic E-state index is 11.6. The molecular formula is C13H10BrNO2S2. The summed E-state index contributed by atoms with van der Waals surface area (Å²) in [5, 5.41) is 1.05. The van der Waals surface area contributed by atoms with Crippen molar-refractivity contribution in [2.75, 3.05) is 12.4 Å². The summed E-state index contributed by atoms with van der Waals surface area (Å²) in [5.74, 6) is 2.69. The van der Waals surface area contributed by atoms with E-state index in [1.807, 2.05) is 12.1 Å². The first-order valence-corrected chi connectivity index (χ1v) is 8.60. The molecule has 0 fully saturated rings. The molecule has 6 heteroatoms. The highest BCUT2D eigenvalue weighted by Gasteiger charge is 2.38. The molecule has 3 heterocycles. The Morgan fingerprint density at radius 1 is 1.42 bits per heavy atom. The summed E-state index contributed by atoms with van der Waals surface area (Å²) in [7, 11) is 0. The number of hydrogen-bond acceptors (Lipinski definition) is 4. The summed E-state index contributed by atoms with van der Waals surface area (Å²) in [4.78, 5) is 15.8. The number of hydrogen-bond donors (Lipinski definition) is 1. The van der Waals surface area contributed by atoms with Crippen molar-refractivity contribution < 1.29 is 4.74 Å². The Morgan fingerprint density at radius 2 is 2.32 bits per heavy atom. The van der Waals surface area contributed by atoms with Crippen LogP contribution in [-0.4, -0.2) is 17.3 Å². The summed E-state index contributed by atoms with van der Waals surface area (Å²) >= 11 is 6.60. The molecule has 1 aromatic carbocycles. The van der Waals surface area contributed by atoms with E-state index >= 15 is 0 Å². The van der Waals surface area contributed by atoms with Crippen LogP contribution >= 0.6 is 39.0 Å². The lowest BCUT2D eigenvalue weighted by Gasteiger charge is -2.36. The average molecular weight is 356 g/mol. The van der Waals surface area contributed by atoms with E-state index in [9.17, 15) is 4.79 Å². The van der Waals surface area contributed by atoms with Crippen LogP contribution in [0.1, 0.15) is 16.4 Å². The number of aromatic amines is 1. The molecule has 0 unspecified atom stereocenters. The third kappa shape index (κ3) is 1.88. The largest absolute Gasteiger partial charge is 0.493 e. The van der Waals surface area contributed by atoms with Crippen molar-refractivity contribution in [3.8, 4) is 5.75 Å². The van der Waals surface area contributed by atoms with Gasteiger partial charge in [0.25, 0.3) is 0 Å². The number of halogens is 1. The molecule has 0 aliphatic carbocycles. The third-order valence-corrected chi connectivity index (χ3v) is 6.39. The minimum Gasteiger partial charge on any atom is -0.493 e. The molecule has 0 bridgehead atoms. The summed E-state index contributed by atoms with van der Waals surface area (Å²) < 4.78 is 6.91. The molecule has 1 aromatic heterocycles. The van der Waals surface area contributed by atoms with Crippen LogP contribution < -0.4 is 9.61 Å². The molecule has 2 aliphatic heterocycles. The maximum atomic E-state index is 11.6. The lowest BCUT2D eigenvalue weighted by Crippen LogP contribution is -2.30. The van der Waals surface area contributed by atoms with Crippen molar-refractivity contribution in [1.82, 2.24) is 4.98 Å². The zero-order chi connectivity index (χ0) is 13.0. The molecule has 2 aromatic rings. The standard InChI is InChI=1S/C13H10BrNO2S2/c14-7-1-2-9-8(3-7)10-6(4-17-9)5-18-12-11(10)19-13(16)15-12/h1-3,6,10H,4-5H2,(H,15,16)/t6-,10+/m1/s1. The molecule has 0 saturated heterocycles. The van der Waals surface area contributed by atoms with Gasteiger partial charge in [-0.05, 0) is 18.2 Å². The molecule has 0 radical (unpaired) electrons.